The van der Waals surface area contributed by atoms with E-state index in [1.54, 1.807) is 0 Å². The molecule has 0 aromatic carbocycles. The van der Waals surface area contributed by atoms with Crippen molar-refractivity contribution in [3.63, 3.8) is 0 Å². The van der Waals surface area contributed by atoms with Crippen molar-refractivity contribution in [3.8, 4) is 6.07 Å². The van der Waals surface area contributed by atoms with Crippen molar-refractivity contribution in [2.24, 2.45) is 0 Å². The summed E-state index contributed by atoms with van der Waals surface area (Å²) >= 11 is 1.51. The van der Waals surface area contributed by atoms with Gasteiger partial charge in [0.05, 0.1) is 21.2 Å². The first kappa shape index (κ1) is 7.96. The van der Waals surface area contributed by atoms with E-state index < -0.39 is 0 Å². The zero-order valence-electron chi connectivity index (χ0n) is 6.51. The van der Waals surface area contributed by atoms with Crippen LogP contribution < -0.4 is 0 Å². The van der Waals surface area contributed by atoms with E-state index in [0.29, 0.717) is 5.57 Å². The van der Waals surface area contributed by atoms with Crippen LogP contribution in [0, 0.1) is 25.2 Å². The number of aryl methyl sites for hydroxylation is 2. The summed E-state index contributed by atoms with van der Waals surface area (Å²) in [6.07, 6.45) is 0. The number of nitrogens with zero attached hydrogens (tertiary/aromatic N) is 2. The molecule has 1 aromatic rings. The zero-order valence-corrected chi connectivity index (χ0v) is 7.33. The van der Waals surface area contributed by atoms with E-state index in [0.717, 1.165) is 15.6 Å². The highest BCUT2D eigenvalue weighted by Gasteiger charge is 2.06. The molecule has 3 heteroatoms. The van der Waals surface area contributed by atoms with Crippen LogP contribution in [0.5, 0.6) is 0 Å². The third kappa shape index (κ3) is 1.47. The molecule has 11 heavy (non-hydrogen) atoms. The molecule has 1 rings (SSSR count). The lowest BCUT2D eigenvalue weighted by molar-refractivity contribution is 1.19. The molecular weight excluding hydrogens is 156 g/mol. The van der Waals surface area contributed by atoms with E-state index in [-0.39, 0.29) is 0 Å². The van der Waals surface area contributed by atoms with Crippen LogP contribution in [0.25, 0.3) is 5.57 Å². The van der Waals surface area contributed by atoms with Crippen molar-refractivity contribution in [1.82, 2.24) is 4.98 Å². The van der Waals surface area contributed by atoms with Crippen LogP contribution in [0.4, 0.5) is 0 Å². The molecule has 1 heterocycles. The average molecular weight is 164 g/mol. The highest BCUT2D eigenvalue weighted by molar-refractivity contribution is 7.12. The maximum Gasteiger partial charge on any atom is 0.100 e. The molecule has 0 radical (unpaired) electrons. The Morgan fingerprint density at radius 3 is 2.64 bits per heavy atom. The second kappa shape index (κ2) is 2.85. The predicted octanol–water partition coefficient (Wildman–Crippen LogP) is 2.30. The number of rotatable bonds is 1. The Kier molecular flexibility index (Phi) is 2.06. The van der Waals surface area contributed by atoms with E-state index >= 15 is 0 Å². The number of nitriles is 1. The Hall–Kier alpha value is -1.14. The second-order valence-electron chi connectivity index (χ2n) is 2.24. The van der Waals surface area contributed by atoms with Gasteiger partial charge in [0.1, 0.15) is 6.07 Å². The number of thiazole rings is 1. The molecule has 0 saturated carbocycles. The van der Waals surface area contributed by atoms with Gasteiger partial charge in [-0.1, -0.05) is 6.58 Å². The molecule has 1 aromatic heterocycles. The fourth-order valence-electron chi connectivity index (χ4n) is 0.862. The van der Waals surface area contributed by atoms with Crippen LogP contribution in [-0.4, -0.2) is 4.98 Å². The van der Waals surface area contributed by atoms with Crippen molar-refractivity contribution in [2.45, 2.75) is 13.8 Å². The monoisotopic (exact) mass is 164 g/mol. The highest BCUT2D eigenvalue weighted by Crippen LogP contribution is 2.23. The fourth-order valence-corrected chi connectivity index (χ4v) is 1.70. The minimum absolute atomic E-state index is 0.508. The summed E-state index contributed by atoms with van der Waals surface area (Å²) in [5, 5.41) is 9.53. The molecule has 0 spiro atoms. The molecule has 0 aliphatic carbocycles. The van der Waals surface area contributed by atoms with Gasteiger partial charge in [-0.3, -0.25) is 0 Å². The van der Waals surface area contributed by atoms with Crippen molar-refractivity contribution < 1.29 is 0 Å². The van der Waals surface area contributed by atoms with Crippen molar-refractivity contribution in [2.75, 3.05) is 0 Å². The summed E-state index contributed by atoms with van der Waals surface area (Å²) in [6.45, 7) is 7.44. The lowest BCUT2D eigenvalue weighted by Crippen LogP contribution is -1.78. The quantitative estimate of drug-likeness (QED) is 0.597. The van der Waals surface area contributed by atoms with Crippen LogP contribution in [0.15, 0.2) is 6.58 Å². The van der Waals surface area contributed by atoms with Gasteiger partial charge in [-0.05, 0) is 13.8 Å². The first-order valence-electron chi connectivity index (χ1n) is 3.18. The van der Waals surface area contributed by atoms with Gasteiger partial charge in [0, 0.05) is 0 Å². The first-order valence-corrected chi connectivity index (χ1v) is 4.00. The molecule has 0 aliphatic heterocycles. The number of hydrogen-bond donors (Lipinski definition) is 0. The molecule has 0 bridgehead atoms. The lowest BCUT2D eigenvalue weighted by atomic mass is 10.2. The first-order chi connectivity index (χ1) is 5.15. The largest absolute Gasteiger partial charge is 0.246 e. The Morgan fingerprint density at radius 1 is 1.64 bits per heavy atom. The fraction of sp³-hybridized carbons (Fsp3) is 0.250. The Morgan fingerprint density at radius 2 is 2.27 bits per heavy atom. The van der Waals surface area contributed by atoms with E-state index in [2.05, 4.69) is 11.6 Å². The van der Waals surface area contributed by atoms with Crippen LogP contribution in [0.2, 0.25) is 0 Å². The van der Waals surface area contributed by atoms with Crippen molar-refractivity contribution in [3.05, 3.63) is 22.2 Å². The molecule has 0 saturated heterocycles. The maximum absolute atomic E-state index is 8.55. The molecule has 0 atom stereocenters. The van der Waals surface area contributed by atoms with Crippen LogP contribution in [0.1, 0.15) is 15.6 Å². The average Bonchev–Trinajstić information content (AvgIpc) is 2.28. The molecule has 0 amide bonds. The van der Waals surface area contributed by atoms with Gasteiger partial charge in [0.2, 0.25) is 0 Å². The van der Waals surface area contributed by atoms with Gasteiger partial charge in [-0.25, -0.2) is 4.98 Å². The molecule has 56 valence electrons. The molecule has 2 nitrogen and oxygen atoms in total. The van der Waals surface area contributed by atoms with E-state index in [9.17, 15) is 0 Å². The van der Waals surface area contributed by atoms with Gasteiger partial charge in [-0.15, -0.1) is 11.3 Å². The van der Waals surface area contributed by atoms with E-state index in [1.807, 2.05) is 19.9 Å². The van der Waals surface area contributed by atoms with Crippen molar-refractivity contribution in [1.29, 1.82) is 5.26 Å². The molecule has 0 unspecified atom stereocenters. The highest BCUT2D eigenvalue weighted by atomic mass is 32.1. The van der Waals surface area contributed by atoms with Crippen molar-refractivity contribution >= 4 is 16.9 Å². The molecule has 0 aliphatic rings. The van der Waals surface area contributed by atoms with Crippen LogP contribution in [0.3, 0.4) is 0 Å². The Bertz CT molecular complexity index is 330. The number of aromatic nitrogens is 1. The third-order valence-corrected chi connectivity index (χ3v) is 2.45. The number of hydrogen-bond acceptors (Lipinski definition) is 3. The molecule has 0 fully saturated rings. The van der Waals surface area contributed by atoms with Gasteiger partial charge < -0.3 is 0 Å². The van der Waals surface area contributed by atoms with Crippen LogP contribution in [-0.2, 0) is 0 Å². The minimum Gasteiger partial charge on any atom is -0.246 e. The summed E-state index contributed by atoms with van der Waals surface area (Å²) in [6, 6.07) is 2.01. The third-order valence-electron chi connectivity index (χ3n) is 1.31. The predicted molar refractivity (Wildman–Crippen MR) is 46.2 cm³/mol. The van der Waals surface area contributed by atoms with Gasteiger partial charge in [0.15, 0.2) is 0 Å². The summed E-state index contributed by atoms with van der Waals surface area (Å²) in [5.74, 6) is 0. The van der Waals surface area contributed by atoms with E-state index in [4.69, 9.17) is 5.26 Å². The van der Waals surface area contributed by atoms with Gasteiger partial charge in [-0.2, -0.15) is 5.26 Å². The Labute approximate surface area is 69.8 Å². The van der Waals surface area contributed by atoms with Gasteiger partial charge in [0.25, 0.3) is 0 Å². The van der Waals surface area contributed by atoms with Crippen LogP contribution >= 0.6 is 11.3 Å². The summed E-state index contributed by atoms with van der Waals surface area (Å²) in [4.78, 5) is 5.09. The second-order valence-corrected chi connectivity index (χ2v) is 3.44. The van der Waals surface area contributed by atoms with Gasteiger partial charge >= 0.3 is 0 Å². The molecule has 0 N–H and O–H groups in total. The van der Waals surface area contributed by atoms with E-state index in [1.165, 1.54) is 11.3 Å². The normalized spacial score (nSPS) is 9.18. The lowest BCUT2D eigenvalue weighted by Gasteiger charge is -1.88. The standard InChI is InChI=1S/C8H8N2S/c1-5(4-9)8-6(2)10-7(3)11-8/h1H2,2-3H3. The number of allylic oxidation sites excluding steroid dienone is 1. The topological polar surface area (TPSA) is 36.7 Å². The summed E-state index contributed by atoms with van der Waals surface area (Å²) < 4.78 is 0. The summed E-state index contributed by atoms with van der Waals surface area (Å²) in [5.41, 5.74) is 1.41. The minimum atomic E-state index is 0.508. The Balaban J connectivity index is 3.15. The molecular formula is C8H8N2S. The maximum atomic E-state index is 8.55. The SMILES string of the molecule is C=C(C#N)c1sc(C)nc1C. The zero-order chi connectivity index (χ0) is 8.43. The smallest absolute Gasteiger partial charge is 0.100 e. The summed E-state index contributed by atoms with van der Waals surface area (Å²) in [7, 11) is 0.